The van der Waals surface area contributed by atoms with E-state index in [4.69, 9.17) is 0 Å². The van der Waals surface area contributed by atoms with Crippen LogP contribution in [0.1, 0.15) is 10.4 Å². The third-order valence-corrected chi connectivity index (χ3v) is 2.36. The minimum atomic E-state index is -4.80. The van der Waals surface area contributed by atoms with Gasteiger partial charge < -0.3 is 4.55 Å². The first-order chi connectivity index (χ1) is 6.84. The predicted octanol–water partition coefficient (Wildman–Crippen LogP) is -2.68. The van der Waals surface area contributed by atoms with Crippen molar-refractivity contribution in [3.63, 3.8) is 0 Å². The zero-order valence-electron chi connectivity index (χ0n) is 8.11. The Balaban J connectivity index is 0.00000225. The molecular formula is C7H4NNaO6S. The Hall–Kier alpha value is -0.800. The second kappa shape index (κ2) is 5.51. The van der Waals surface area contributed by atoms with Crippen LogP contribution < -0.4 is 29.6 Å². The van der Waals surface area contributed by atoms with Gasteiger partial charge in [0.1, 0.15) is 16.4 Å². The van der Waals surface area contributed by atoms with E-state index in [-0.39, 0.29) is 41.4 Å². The maximum Gasteiger partial charge on any atom is 1.00 e. The van der Waals surface area contributed by atoms with E-state index < -0.39 is 25.6 Å². The smallest absolute Gasteiger partial charge is 0.744 e. The van der Waals surface area contributed by atoms with E-state index in [0.29, 0.717) is 6.07 Å². The summed E-state index contributed by atoms with van der Waals surface area (Å²) in [4.78, 5) is 19.0. The van der Waals surface area contributed by atoms with Gasteiger partial charge in [0, 0.05) is 17.7 Å². The molecule has 9 heteroatoms. The van der Waals surface area contributed by atoms with Gasteiger partial charge in [-0.1, -0.05) is 0 Å². The van der Waals surface area contributed by atoms with Crippen LogP contribution in [0.3, 0.4) is 0 Å². The summed E-state index contributed by atoms with van der Waals surface area (Å²) in [5.74, 6) is 0. The molecule has 0 aliphatic carbocycles. The number of aldehydes is 1. The average Bonchev–Trinajstić information content (AvgIpc) is 2.15. The van der Waals surface area contributed by atoms with Crippen LogP contribution in [-0.4, -0.2) is 24.2 Å². The Morgan fingerprint density at radius 1 is 1.25 bits per heavy atom. The molecule has 7 nitrogen and oxygen atoms in total. The Kier molecular flexibility index (Phi) is 5.23. The van der Waals surface area contributed by atoms with Gasteiger partial charge in [0.2, 0.25) is 0 Å². The fraction of sp³-hybridized carbons (Fsp3) is 0. The number of hydrogen-bond acceptors (Lipinski definition) is 6. The van der Waals surface area contributed by atoms with Gasteiger partial charge >= 0.3 is 29.6 Å². The quantitative estimate of drug-likeness (QED) is 0.190. The molecule has 0 radical (unpaired) electrons. The third kappa shape index (κ3) is 3.65. The average molecular weight is 253 g/mol. The number of nitrogens with zero attached hydrogens (tertiary/aromatic N) is 1. The molecule has 0 spiro atoms. The van der Waals surface area contributed by atoms with Crippen molar-refractivity contribution < 1.29 is 52.2 Å². The summed E-state index contributed by atoms with van der Waals surface area (Å²) >= 11 is 0. The summed E-state index contributed by atoms with van der Waals surface area (Å²) in [6.45, 7) is 0. The third-order valence-electron chi connectivity index (χ3n) is 1.55. The van der Waals surface area contributed by atoms with Crippen molar-refractivity contribution in [2.24, 2.45) is 0 Å². The van der Waals surface area contributed by atoms with E-state index in [1.807, 2.05) is 0 Å². The number of benzene rings is 1. The van der Waals surface area contributed by atoms with E-state index in [1.165, 1.54) is 0 Å². The van der Waals surface area contributed by atoms with Crippen LogP contribution in [0, 0.1) is 10.1 Å². The Morgan fingerprint density at radius 3 is 2.19 bits per heavy atom. The number of nitro benzene ring substituents is 1. The molecule has 1 aromatic rings. The molecule has 80 valence electrons. The first kappa shape index (κ1) is 15.2. The first-order valence-electron chi connectivity index (χ1n) is 3.55. The molecule has 0 saturated heterocycles. The standard InChI is InChI=1S/C7H5NO6S.Na/c9-4-5-1-6(8(10)11)3-7(2-5)15(12,13)14;/h1-4H,(H,12,13,14);/q;+1/p-1. The largest absolute Gasteiger partial charge is 1.00 e. The van der Waals surface area contributed by atoms with Crippen LogP contribution in [0.25, 0.3) is 0 Å². The van der Waals surface area contributed by atoms with E-state index in [9.17, 15) is 27.9 Å². The van der Waals surface area contributed by atoms with E-state index >= 15 is 0 Å². The van der Waals surface area contributed by atoms with Crippen molar-refractivity contribution in [1.82, 2.24) is 0 Å². The topological polar surface area (TPSA) is 117 Å². The van der Waals surface area contributed by atoms with Gasteiger partial charge in [0.05, 0.1) is 9.82 Å². The van der Waals surface area contributed by atoms with Crippen molar-refractivity contribution >= 4 is 22.1 Å². The summed E-state index contributed by atoms with van der Waals surface area (Å²) in [6, 6.07) is 2.26. The van der Waals surface area contributed by atoms with Crippen LogP contribution in [0.4, 0.5) is 5.69 Å². The molecule has 0 aliphatic heterocycles. The van der Waals surface area contributed by atoms with E-state index in [1.54, 1.807) is 0 Å². The molecule has 0 heterocycles. The normalized spacial score (nSPS) is 10.3. The maximum atomic E-state index is 10.6. The summed E-state index contributed by atoms with van der Waals surface area (Å²) in [5, 5.41) is 10.3. The number of hydrogen-bond donors (Lipinski definition) is 0. The molecule has 0 aromatic heterocycles. The molecule has 1 rings (SSSR count). The molecule has 0 unspecified atom stereocenters. The van der Waals surface area contributed by atoms with Crippen LogP contribution in [0.2, 0.25) is 0 Å². The molecule has 0 bridgehead atoms. The minimum absolute atomic E-state index is 0. The Labute approximate surface area is 113 Å². The number of nitro groups is 1. The molecule has 16 heavy (non-hydrogen) atoms. The molecule has 0 atom stereocenters. The second-order valence-electron chi connectivity index (χ2n) is 2.59. The van der Waals surface area contributed by atoms with Crippen LogP contribution in [0.15, 0.2) is 23.1 Å². The van der Waals surface area contributed by atoms with Crippen LogP contribution in [-0.2, 0) is 10.1 Å². The zero-order valence-corrected chi connectivity index (χ0v) is 10.9. The number of carbonyl (C=O) groups is 1. The van der Waals surface area contributed by atoms with Gasteiger partial charge in [-0.05, 0) is 6.07 Å². The van der Waals surface area contributed by atoms with Crippen molar-refractivity contribution in [3.05, 3.63) is 33.9 Å². The van der Waals surface area contributed by atoms with Crippen molar-refractivity contribution in [1.29, 1.82) is 0 Å². The maximum absolute atomic E-state index is 10.6. The van der Waals surface area contributed by atoms with Gasteiger partial charge in [0.15, 0.2) is 0 Å². The van der Waals surface area contributed by atoms with Crippen molar-refractivity contribution in [3.8, 4) is 0 Å². The molecular weight excluding hydrogens is 249 g/mol. The van der Waals surface area contributed by atoms with Gasteiger partial charge in [-0.25, -0.2) is 8.42 Å². The predicted molar refractivity (Wildman–Crippen MR) is 46.4 cm³/mol. The van der Waals surface area contributed by atoms with Crippen LogP contribution in [0.5, 0.6) is 0 Å². The fourth-order valence-corrected chi connectivity index (χ4v) is 1.47. The Morgan fingerprint density at radius 2 is 1.81 bits per heavy atom. The molecule has 0 amide bonds. The summed E-state index contributed by atoms with van der Waals surface area (Å²) < 4.78 is 31.7. The molecule has 1 aromatic carbocycles. The Bertz CT molecular complexity index is 526. The second-order valence-corrected chi connectivity index (χ2v) is 3.97. The van der Waals surface area contributed by atoms with Crippen molar-refractivity contribution in [2.45, 2.75) is 4.90 Å². The molecule has 0 saturated carbocycles. The number of non-ortho nitro benzene ring substituents is 1. The SMILES string of the molecule is O=Cc1cc([N+](=O)[O-])cc(S(=O)(=O)[O-])c1.[Na+]. The van der Waals surface area contributed by atoms with Gasteiger partial charge in [-0.2, -0.15) is 0 Å². The summed E-state index contributed by atoms with van der Waals surface area (Å²) in [7, 11) is -4.80. The van der Waals surface area contributed by atoms with Gasteiger partial charge in [-0.15, -0.1) is 0 Å². The number of carbonyl (C=O) groups excluding carboxylic acids is 1. The zero-order chi connectivity index (χ0) is 11.6. The first-order valence-corrected chi connectivity index (χ1v) is 4.96. The fourth-order valence-electron chi connectivity index (χ4n) is 0.924. The number of rotatable bonds is 3. The van der Waals surface area contributed by atoms with Crippen molar-refractivity contribution in [2.75, 3.05) is 0 Å². The monoisotopic (exact) mass is 253 g/mol. The minimum Gasteiger partial charge on any atom is -0.744 e. The van der Waals surface area contributed by atoms with E-state index in [0.717, 1.165) is 12.1 Å². The molecule has 0 N–H and O–H groups in total. The molecule has 0 fully saturated rings. The van der Waals surface area contributed by atoms with Gasteiger partial charge in [-0.3, -0.25) is 14.9 Å². The van der Waals surface area contributed by atoms with Crippen LogP contribution >= 0.6 is 0 Å². The van der Waals surface area contributed by atoms with Gasteiger partial charge in [0.25, 0.3) is 5.69 Å². The summed E-state index contributed by atoms with van der Waals surface area (Å²) in [6.07, 6.45) is 0.224. The summed E-state index contributed by atoms with van der Waals surface area (Å²) in [5.41, 5.74) is -0.854. The van der Waals surface area contributed by atoms with E-state index in [2.05, 4.69) is 0 Å². The molecule has 0 aliphatic rings.